The third-order valence-corrected chi connectivity index (χ3v) is 4.32. The monoisotopic (exact) mass is 360 g/mol. The lowest BCUT2D eigenvalue weighted by atomic mass is 9.74. The average Bonchev–Trinajstić information content (AvgIpc) is 3.01. The Morgan fingerprint density at radius 3 is 1.80 bits per heavy atom. The number of ether oxygens (including phenoxy) is 5. The van der Waals surface area contributed by atoms with E-state index in [2.05, 4.69) is 0 Å². The molecule has 0 spiro atoms. The van der Waals surface area contributed by atoms with E-state index in [-0.39, 0.29) is 26.2 Å². The van der Waals surface area contributed by atoms with Gasteiger partial charge in [0.05, 0.1) is 33.0 Å². The van der Waals surface area contributed by atoms with Gasteiger partial charge in [-0.15, -0.1) is 0 Å². The van der Waals surface area contributed by atoms with Gasteiger partial charge in [0.25, 0.3) is 0 Å². The van der Waals surface area contributed by atoms with Crippen LogP contribution in [0.25, 0.3) is 0 Å². The molecular weight excluding hydrogens is 332 g/mol. The smallest absolute Gasteiger partial charge is 0.320 e. The standard InChI is InChI=1S/C17H28O8/c1-6-21-13(18)12(14(19)22-7-2)11-16(4,15(20)23-8-3)17(5)24-9-10-25-17/h12H,6-11H2,1-5H3/t16-/m0/s1. The molecule has 1 aliphatic rings. The molecule has 0 radical (unpaired) electrons. The lowest BCUT2D eigenvalue weighted by Crippen LogP contribution is -2.53. The predicted molar refractivity (Wildman–Crippen MR) is 86.4 cm³/mol. The van der Waals surface area contributed by atoms with Gasteiger partial charge in [-0.25, -0.2) is 0 Å². The molecule has 1 aliphatic heterocycles. The Morgan fingerprint density at radius 1 is 0.960 bits per heavy atom. The molecule has 0 aliphatic carbocycles. The molecule has 0 aromatic rings. The van der Waals surface area contributed by atoms with Crippen molar-refractivity contribution in [2.75, 3.05) is 33.0 Å². The van der Waals surface area contributed by atoms with E-state index in [1.54, 1.807) is 34.6 Å². The molecule has 1 saturated heterocycles. The van der Waals surface area contributed by atoms with Gasteiger partial charge in [0.15, 0.2) is 11.7 Å². The third-order valence-electron chi connectivity index (χ3n) is 4.32. The van der Waals surface area contributed by atoms with E-state index in [1.165, 1.54) is 0 Å². The van der Waals surface area contributed by atoms with Crippen molar-refractivity contribution in [2.45, 2.75) is 46.8 Å². The first kappa shape index (κ1) is 21.4. The maximum atomic E-state index is 12.7. The summed E-state index contributed by atoms with van der Waals surface area (Å²) in [4.78, 5) is 37.2. The summed E-state index contributed by atoms with van der Waals surface area (Å²) in [6.45, 7) is 9.06. The number of esters is 3. The van der Waals surface area contributed by atoms with Crippen LogP contribution in [-0.2, 0) is 38.1 Å². The second kappa shape index (κ2) is 9.15. The van der Waals surface area contributed by atoms with Crippen LogP contribution in [0.5, 0.6) is 0 Å². The van der Waals surface area contributed by atoms with Crippen molar-refractivity contribution in [1.82, 2.24) is 0 Å². The van der Waals surface area contributed by atoms with Gasteiger partial charge in [-0.05, 0) is 41.0 Å². The van der Waals surface area contributed by atoms with Crippen molar-refractivity contribution in [2.24, 2.45) is 11.3 Å². The van der Waals surface area contributed by atoms with Crippen molar-refractivity contribution in [1.29, 1.82) is 0 Å². The quantitative estimate of drug-likeness (QED) is 0.346. The van der Waals surface area contributed by atoms with E-state index >= 15 is 0 Å². The van der Waals surface area contributed by atoms with E-state index < -0.39 is 35.0 Å². The summed E-state index contributed by atoms with van der Waals surface area (Å²) in [6, 6.07) is 0. The van der Waals surface area contributed by atoms with E-state index in [0.717, 1.165) is 0 Å². The van der Waals surface area contributed by atoms with Crippen LogP contribution in [0.3, 0.4) is 0 Å². The summed E-state index contributed by atoms with van der Waals surface area (Å²) >= 11 is 0. The van der Waals surface area contributed by atoms with E-state index in [9.17, 15) is 14.4 Å². The fraction of sp³-hybridized carbons (Fsp3) is 0.824. The minimum Gasteiger partial charge on any atom is -0.465 e. The summed E-state index contributed by atoms with van der Waals surface area (Å²) in [5.74, 6) is -4.72. The molecule has 0 unspecified atom stereocenters. The first-order chi connectivity index (χ1) is 11.8. The van der Waals surface area contributed by atoms with E-state index in [1.807, 2.05) is 0 Å². The van der Waals surface area contributed by atoms with Gasteiger partial charge in [-0.2, -0.15) is 0 Å². The van der Waals surface area contributed by atoms with Gasteiger partial charge in [0, 0.05) is 0 Å². The molecule has 8 nitrogen and oxygen atoms in total. The fourth-order valence-corrected chi connectivity index (χ4v) is 2.73. The Balaban J connectivity index is 3.20. The maximum Gasteiger partial charge on any atom is 0.320 e. The normalized spacial score (nSPS) is 18.5. The summed E-state index contributed by atoms with van der Waals surface area (Å²) < 4.78 is 26.4. The largest absolute Gasteiger partial charge is 0.465 e. The van der Waals surface area contributed by atoms with Crippen molar-refractivity contribution < 1.29 is 38.1 Å². The zero-order valence-corrected chi connectivity index (χ0v) is 15.6. The number of carbonyl (C=O) groups excluding carboxylic acids is 3. The minimum absolute atomic E-state index is 0.106. The van der Waals surface area contributed by atoms with Gasteiger partial charge in [-0.3, -0.25) is 14.4 Å². The molecule has 0 amide bonds. The van der Waals surface area contributed by atoms with Crippen LogP contribution in [0.15, 0.2) is 0 Å². The molecule has 8 heteroatoms. The summed E-state index contributed by atoms with van der Waals surface area (Å²) in [5.41, 5.74) is -1.40. The van der Waals surface area contributed by atoms with Gasteiger partial charge in [0.2, 0.25) is 0 Å². The Morgan fingerprint density at radius 2 is 1.40 bits per heavy atom. The second-order valence-corrected chi connectivity index (χ2v) is 5.96. The maximum absolute atomic E-state index is 12.7. The first-order valence-corrected chi connectivity index (χ1v) is 8.54. The zero-order valence-electron chi connectivity index (χ0n) is 15.6. The van der Waals surface area contributed by atoms with Crippen LogP contribution in [0.2, 0.25) is 0 Å². The predicted octanol–water partition coefficient (Wildman–Crippen LogP) is 1.45. The van der Waals surface area contributed by atoms with Crippen molar-refractivity contribution in [3.8, 4) is 0 Å². The first-order valence-electron chi connectivity index (χ1n) is 8.54. The summed E-state index contributed by atoms with van der Waals surface area (Å²) in [5, 5.41) is 0. The van der Waals surface area contributed by atoms with Gasteiger partial charge in [0.1, 0.15) is 5.41 Å². The molecule has 25 heavy (non-hydrogen) atoms. The number of carbonyl (C=O) groups is 3. The van der Waals surface area contributed by atoms with Crippen molar-refractivity contribution >= 4 is 17.9 Å². The van der Waals surface area contributed by atoms with Crippen LogP contribution in [0.4, 0.5) is 0 Å². The second-order valence-electron chi connectivity index (χ2n) is 5.96. The van der Waals surface area contributed by atoms with Gasteiger partial charge >= 0.3 is 17.9 Å². The molecule has 1 fully saturated rings. The molecule has 0 aromatic carbocycles. The number of hydrogen-bond donors (Lipinski definition) is 0. The highest BCUT2D eigenvalue weighted by Crippen LogP contribution is 2.44. The topological polar surface area (TPSA) is 97.4 Å². The van der Waals surface area contributed by atoms with Crippen LogP contribution >= 0.6 is 0 Å². The average molecular weight is 360 g/mol. The van der Waals surface area contributed by atoms with Crippen LogP contribution in [0, 0.1) is 11.3 Å². The Hall–Kier alpha value is -1.67. The molecule has 0 bridgehead atoms. The lowest BCUT2D eigenvalue weighted by molar-refractivity contribution is -0.235. The van der Waals surface area contributed by atoms with Crippen molar-refractivity contribution in [3.63, 3.8) is 0 Å². The molecule has 1 atom stereocenters. The Labute approximate surface area is 148 Å². The minimum atomic E-state index is -1.40. The molecule has 0 saturated carbocycles. The molecule has 1 heterocycles. The highest BCUT2D eigenvalue weighted by molar-refractivity contribution is 5.95. The third kappa shape index (κ3) is 4.70. The highest BCUT2D eigenvalue weighted by Gasteiger charge is 2.58. The number of hydrogen-bond acceptors (Lipinski definition) is 8. The zero-order chi connectivity index (χ0) is 19.1. The molecule has 144 valence electrons. The lowest BCUT2D eigenvalue weighted by Gasteiger charge is -2.40. The van der Waals surface area contributed by atoms with Crippen LogP contribution in [-0.4, -0.2) is 56.7 Å². The van der Waals surface area contributed by atoms with Gasteiger partial charge < -0.3 is 23.7 Å². The van der Waals surface area contributed by atoms with E-state index in [4.69, 9.17) is 23.7 Å². The molecule has 0 aromatic heterocycles. The van der Waals surface area contributed by atoms with Gasteiger partial charge in [-0.1, -0.05) is 0 Å². The van der Waals surface area contributed by atoms with E-state index in [0.29, 0.717) is 13.2 Å². The fourth-order valence-electron chi connectivity index (χ4n) is 2.73. The molecule has 1 rings (SSSR count). The number of rotatable bonds is 9. The van der Waals surface area contributed by atoms with Crippen LogP contribution < -0.4 is 0 Å². The summed E-state index contributed by atoms with van der Waals surface area (Å²) in [7, 11) is 0. The van der Waals surface area contributed by atoms with Crippen molar-refractivity contribution in [3.05, 3.63) is 0 Å². The SMILES string of the molecule is CCOC(=O)C(C[C@@](C)(C(=O)OCC)C1(C)OCCO1)C(=O)OCC. The Kier molecular flexibility index (Phi) is 7.82. The highest BCUT2D eigenvalue weighted by atomic mass is 16.7. The molecule has 0 N–H and O–H groups in total. The molecular formula is C17H28O8. The Bertz CT molecular complexity index is 465. The summed E-state index contributed by atoms with van der Waals surface area (Å²) in [6.07, 6.45) is -0.208. The van der Waals surface area contributed by atoms with Crippen LogP contribution in [0.1, 0.15) is 41.0 Å².